The van der Waals surface area contributed by atoms with Crippen molar-refractivity contribution in [2.75, 3.05) is 0 Å². The highest BCUT2D eigenvalue weighted by Gasteiger charge is 2.30. The van der Waals surface area contributed by atoms with E-state index in [0.717, 1.165) is 17.2 Å². The average molecular weight is 258 g/mol. The number of nitrogens with two attached hydrogens (primary N) is 1. The lowest BCUT2D eigenvalue weighted by atomic mass is 10.1. The number of halogens is 1. The molecular weight excluding hydrogens is 243 g/mol. The highest BCUT2D eigenvalue weighted by atomic mass is 19.1. The first-order chi connectivity index (χ1) is 8.11. The molecule has 1 rings (SSSR count). The molecule has 1 aliphatic heterocycles. The van der Waals surface area contributed by atoms with Crippen LogP contribution in [-0.4, -0.2) is 33.8 Å². The fourth-order valence-electron chi connectivity index (χ4n) is 1.27. The third-order valence-electron chi connectivity index (χ3n) is 2.00. The van der Waals surface area contributed by atoms with Crippen LogP contribution in [0.15, 0.2) is 23.7 Å². The van der Waals surface area contributed by atoms with Crippen LogP contribution >= 0.6 is 0 Å². The Hall–Kier alpha value is -1.89. The smallest absolute Gasteiger partial charge is 0.416 e. The van der Waals surface area contributed by atoms with Crippen LogP contribution in [-0.2, 0) is 9.53 Å². The summed E-state index contributed by atoms with van der Waals surface area (Å²) in [6, 6.07) is 0. The quantitative estimate of drug-likeness (QED) is 0.740. The van der Waals surface area contributed by atoms with Crippen molar-refractivity contribution in [2.45, 2.75) is 32.5 Å². The second-order valence-electron chi connectivity index (χ2n) is 4.74. The van der Waals surface area contributed by atoms with Crippen LogP contribution in [0.1, 0.15) is 20.8 Å². The first-order valence-electron chi connectivity index (χ1n) is 5.21. The van der Waals surface area contributed by atoms with Crippen molar-refractivity contribution < 1.29 is 23.8 Å². The van der Waals surface area contributed by atoms with E-state index in [0.29, 0.717) is 0 Å². The maximum atomic E-state index is 13.4. The van der Waals surface area contributed by atoms with Crippen LogP contribution in [0.5, 0.6) is 0 Å². The fraction of sp³-hybridized carbons (Fsp3) is 0.455. The normalized spacial score (nSPS) is 20.1. The Labute approximate surface area is 103 Å². The number of nitrogens with zero attached hydrogens (tertiary/aromatic N) is 1. The maximum absolute atomic E-state index is 13.4. The van der Waals surface area contributed by atoms with E-state index in [4.69, 9.17) is 15.6 Å². The molecule has 7 heteroatoms. The average Bonchev–Trinajstić information content (AvgIpc) is 2.17. The summed E-state index contributed by atoms with van der Waals surface area (Å²) < 4.78 is 18.4. The monoisotopic (exact) mass is 258 g/mol. The van der Waals surface area contributed by atoms with Crippen LogP contribution < -0.4 is 5.73 Å². The Morgan fingerprint density at radius 1 is 1.50 bits per heavy atom. The summed E-state index contributed by atoms with van der Waals surface area (Å²) in [4.78, 5) is 23.2. The molecule has 0 fully saturated rings. The molecule has 0 aromatic carbocycles. The van der Waals surface area contributed by atoms with Gasteiger partial charge in [0, 0.05) is 6.20 Å². The second-order valence-corrected chi connectivity index (χ2v) is 4.74. The second kappa shape index (κ2) is 4.77. The zero-order valence-electron chi connectivity index (χ0n) is 10.3. The lowest BCUT2D eigenvalue weighted by Gasteiger charge is -2.29. The van der Waals surface area contributed by atoms with Crippen molar-refractivity contribution in [1.29, 1.82) is 0 Å². The number of amides is 1. The minimum Gasteiger partial charge on any atom is -0.478 e. The third-order valence-corrected chi connectivity index (χ3v) is 2.00. The first kappa shape index (κ1) is 14.2. The van der Waals surface area contributed by atoms with Gasteiger partial charge in [0.1, 0.15) is 11.8 Å². The van der Waals surface area contributed by atoms with Gasteiger partial charge in [-0.05, 0) is 26.8 Å². The summed E-state index contributed by atoms with van der Waals surface area (Å²) in [5.41, 5.74) is 4.24. The predicted molar refractivity (Wildman–Crippen MR) is 61.0 cm³/mol. The van der Waals surface area contributed by atoms with Gasteiger partial charge in [-0.15, -0.1) is 0 Å². The van der Waals surface area contributed by atoms with Crippen LogP contribution in [0.3, 0.4) is 0 Å². The van der Waals surface area contributed by atoms with Crippen molar-refractivity contribution in [2.24, 2.45) is 5.73 Å². The minimum atomic E-state index is -1.44. The van der Waals surface area contributed by atoms with Crippen molar-refractivity contribution in [1.82, 2.24) is 4.90 Å². The van der Waals surface area contributed by atoms with Crippen molar-refractivity contribution in [3.63, 3.8) is 0 Å². The topological polar surface area (TPSA) is 92.9 Å². The summed E-state index contributed by atoms with van der Waals surface area (Å²) in [7, 11) is 0. The Balaban J connectivity index is 2.90. The number of carboxylic acids is 1. The summed E-state index contributed by atoms with van der Waals surface area (Å²) in [6.45, 7) is 4.96. The molecule has 3 N–H and O–H groups in total. The Bertz CT molecular complexity index is 437. The number of rotatable bonds is 1. The number of carbonyl (C=O) groups excluding carboxylic acids is 1. The SMILES string of the molecule is CC(C)(C)OC(=O)N1C=C(F)C(C(=O)O)=CC1N. The number of carbonyl (C=O) groups is 2. The van der Waals surface area contributed by atoms with Gasteiger partial charge >= 0.3 is 12.1 Å². The third kappa shape index (κ3) is 3.30. The largest absolute Gasteiger partial charge is 0.478 e. The molecule has 1 unspecified atom stereocenters. The number of ether oxygens (including phenoxy) is 1. The lowest BCUT2D eigenvalue weighted by molar-refractivity contribution is -0.132. The zero-order chi connectivity index (χ0) is 14.1. The zero-order valence-corrected chi connectivity index (χ0v) is 10.3. The van der Waals surface area contributed by atoms with E-state index in [-0.39, 0.29) is 0 Å². The van der Waals surface area contributed by atoms with Gasteiger partial charge in [0.25, 0.3) is 0 Å². The Morgan fingerprint density at radius 3 is 2.50 bits per heavy atom. The Kier molecular flexibility index (Phi) is 3.76. The molecule has 1 amide bonds. The van der Waals surface area contributed by atoms with Crippen molar-refractivity contribution >= 4 is 12.1 Å². The van der Waals surface area contributed by atoms with E-state index < -0.39 is 35.2 Å². The van der Waals surface area contributed by atoms with E-state index in [2.05, 4.69) is 0 Å². The standard InChI is InChI=1S/C11H15FN2O4/c1-11(2,3)18-10(17)14-5-7(12)6(9(15)16)4-8(14)13/h4-5,8H,13H2,1-3H3,(H,15,16). The van der Waals surface area contributed by atoms with Gasteiger partial charge in [-0.2, -0.15) is 0 Å². The molecule has 1 heterocycles. The number of carboxylic acid groups (broad SMARTS) is 1. The van der Waals surface area contributed by atoms with Gasteiger partial charge in [0.2, 0.25) is 0 Å². The van der Waals surface area contributed by atoms with Gasteiger partial charge in [-0.1, -0.05) is 0 Å². The van der Waals surface area contributed by atoms with Crippen molar-refractivity contribution in [3.8, 4) is 0 Å². The fourth-order valence-corrected chi connectivity index (χ4v) is 1.27. The molecular formula is C11H15FN2O4. The predicted octanol–water partition coefficient (Wildman–Crippen LogP) is 1.34. The summed E-state index contributed by atoms with van der Waals surface area (Å²) in [5, 5.41) is 8.70. The molecule has 1 atom stereocenters. The van der Waals surface area contributed by atoms with Crippen LogP contribution in [0.4, 0.5) is 9.18 Å². The molecule has 100 valence electrons. The molecule has 0 saturated heterocycles. The summed E-state index contributed by atoms with van der Waals surface area (Å²) in [5.74, 6) is -2.49. The molecule has 6 nitrogen and oxygen atoms in total. The number of hydrogen-bond donors (Lipinski definition) is 2. The van der Waals surface area contributed by atoms with Gasteiger partial charge in [0.05, 0.1) is 5.57 Å². The van der Waals surface area contributed by atoms with Gasteiger partial charge in [-0.25, -0.2) is 14.0 Å². The van der Waals surface area contributed by atoms with E-state index in [1.165, 1.54) is 0 Å². The van der Waals surface area contributed by atoms with E-state index in [1.54, 1.807) is 20.8 Å². The maximum Gasteiger partial charge on any atom is 0.416 e. The molecule has 0 radical (unpaired) electrons. The van der Waals surface area contributed by atoms with E-state index in [1.807, 2.05) is 0 Å². The van der Waals surface area contributed by atoms with Gasteiger partial charge in [0.15, 0.2) is 5.83 Å². The highest BCUT2D eigenvalue weighted by Crippen LogP contribution is 2.22. The van der Waals surface area contributed by atoms with Gasteiger partial charge in [-0.3, -0.25) is 4.90 Å². The van der Waals surface area contributed by atoms with E-state index >= 15 is 0 Å². The van der Waals surface area contributed by atoms with Crippen molar-refractivity contribution in [3.05, 3.63) is 23.7 Å². The summed E-state index contributed by atoms with van der Waals surface area (Å²) in [6.07, 6.45) is -0.250. The number of hydrogen-bond acceptors (Lipinski definition) is 4. The lowest BCUT2D eigenvalue weighted by Crippen LogP contribution is -2.45. The van der Waals surface area contributed by atoms with E-state index in [9.17, 15) is 14.0 Å². The summed E-state index contributed by atoms with van der Waals surface area (Å²) >= 11 is 0. The molecule has 1 aliphatic rings. The highest BCUT2D eigenvalue weighted by molar-refractivity contribution is 5.92. The number of aliphatic carboxylic acids is 1. The first-order valence-corrected chi connectivity index (χ1v) is 5.21. The van der Waals surface area contributed by atoms with Gasteiger partial charge < -0.3 is 15.6 Å². The van der Waals surface area contributed by atoms with Crippen LogP contribution in [0, 0.1) is 0 Å². The molecule has 0 aromatic heterocycles. The molecule has 0 aromatic rings. The minimum absolute atomic E-state index is 0.567. The molecule has 18 heavy (non-hydrogen) atoms. The Morgan fingerprint density at radius 2 is 2.06 bits per heavy atom. The van der Waals surface area contributed by atoms with Crippen LogP contribution in [0.2, 0.25) is 0 Å². The molecule has 0 bridgehead atoms. The van der Waals surface area contributed by atoms with Crippen LogP contribution in [0.25, 0.3) is 0 Å². The molecule has 0 spiro atoms. The molecule has 0 saturated carbocycles. The molecule has 0 aliphatic carbocycles.